The molecule has 0 saturated carbocycles. The van der Waals surface area contributed by atoms with Gasteiger partial charge in [0.15, 0.2) is 0 Å². The summed E-state index contributed by atoms with van der Waals surface area (Å²) in [6.07, 6.45) is 0. The van der Waals surface area contributed by atoms with Crippen LogP contribution >= 0.6 is 0 Å². The molecule has 1 amide bonds. The zero-order valence-corrected chi connectivity index (χ0v) is 13.9. The van der Waals surface area contributed by atoms with Gasteiger partial charge in [-0.25, -0.2) is 0 Å². The second-order valence-electron chi connectivity index (χ2n) is 5.72. The Hall–Kier alpha value is -2.17. The number of benzene rings is 2. The Bertz CT molecular complexity index is 611. The number of aryl methyl sites for hydroxylation is 1. The lowest BCUT2D eigenvalue weighted by Gasteiger charge is -2.23. The van der Waals surface area contributed by atoms with Gasteiger partial charge in [0.2, 0.25) is 5.91 Å². The summed E-state index contributed by atoms with van der Waals surface area (Å²) in [6, 6.07) is 17.1. The number of rotatable bonds is 7. The van der Waals surface area contributed by atoms with Crippen LogP contribution in [0.1, 0.15) is 24.1 Å². The van der Waals surface area contributed by atoms with Crippen molar-refractivity contribution in [2.45, 2.75) is 25.9 Å². The van der Waals surface area contributed by atoms with Gasteiger partial charge >= 0.3 is 0 Å². The lowest BCUT2D eigenvalue weighted by molar-refractivity contribution is -0.118. The lowest BCUT2D eigenvalue weighted by Crippen LogP contribution is -2.40. The molecule has 0 heterocycles. The zero-order chi connectivity index (χ0) is 16.7. The first-order chi connectivity index (χ1) is 11.1. The van der Waals surface area contributed by atoms with Crippen LogP contribution in [0.3, 0.4) is 0 Å². The topological polar surface area (TPSA) is 50.4 Å². The third-order valence-corrected chi connectivity index (χ3v) is 3.58. The number of methoxy groups -OCH3 is 1. The molecule has 122 valence electrons. The maximum Gasteiger partial charge on any atom is 0.246 e. The van der Waals surface area contributed by atoms with E-state index in [4.69, 9.17) is 4.74 Å². The monoisotopic (exact) mass is 312 g/mol. The first-order valence-corrected chi connectivity index (χ1v) is 7.77. The molecule has 0 aromatic heterocycles. The number of carbonyl (C=O) groups is 1. The molecule has 0 aliphatic carbocycles. The van der Waals surface area contributed by atoms with E-state index in [2.05, 4.69) is 10.6 Å². The van der Waals surface area contributed by atoms with Crippen LogP contribution in [-0.2, 0) is 9.53 Å². The highest BCUT2D eigenvalue weighted by atomic mass is 16.5. The van der Waals surface area contributed by atoms with Crippen molar-refractivity contribution in [1.29, 1.82) is 0 Å². The average molecular weight is 312 g/mol. The highest BCUT2D eigenvalue weighted by Crippen LogP contribution is 2.17. The van der Waals surface area contributed by atoms with Crippen molar-refractivity contribution in [1.82, 2.24) is 5.32 Å². The molecule has 4 nitrogen and oxygen atoms in total. The summed E-state index contributed by atoms with van der Waals surface area (Å²) in [4.78, 5) is 12.7. The van der Waals surface area contributed by atoms with Gasteiger partial charge in [-0.1, -0.05) is 48.0 Å². The average Bonchev–Trinajstić information content (AvgIpc) is 2.56. The summed E-state index contributed by atoms with van der Waals surface area (Å²) in [5.41, 5.74) is 2.89. The molecule has 4 heteroatoms. The number of amides is 1. The van der Waals surface area contributed by atoms with Crippen molar-refractivity contribution in [3.05, 3.63) is 65.7 Å². The number of nitrogens with one attached hydrogen (secondary N) is 2. The SMILES string of the molecule is COC[C@H](C)N[C@@H](C(=O)Nc1ccc(C)cc1)c1ccccc1. The molecule has 23 heavy (non-hydrogen) atoms. The standard InChI is InChI=1S/C19H24N2O2/c1-14-9-11-17(12-10-14)21-19(22)18(20-15(2)13-23-3)16-7-5-4-6-8-16/h4-12,15,18,20H,13H2,1-3H3,(H,21,22)/t15-,18+/m0/s1. The smallest absolute Gasteiger partial charge is 0.246 e. The van der Waals surface area contributed by atoms with Crippen LogP contribution in [0.5, 0.6) is 0 Å². The maximum absolute atomic E-state index is 12.7. The normalized spacial score (nSPS) is 13.3. The summed E-state index contributed by atoms with van der Waals surface area (Å²) in [6.45, 7) is 4.56. The van der Waals surface area contributed by atoms with Crippen molar-refractivity contribution in [3.8, 4) is 0 Å². The van der Waals surface area contributed by atoms with Gasteiger partial charge in [0, 0.05) is 18.8 Å². The molecule has 0 aliphatic heterocycles. The van der Waals surface area contributed by atoms with E-state index in [0.717, 1.165) is 16.8 Å². The van der Waals surface area contributed by atoms with Gasteiger partial charge in [0.25, 0.3) is 0 Å². The number of hydrogen-bond acceptors (Lipinski definition) is 3. The number of anilines is 1. The highest BCUT2D eigenvalue weighted by molar-refractivity contribution is 5.95. The Morgan fingerprint density at radius 3 is 2.35 bits per heavy atom. The van der Waals surface area contributed by atoms with Crippen LogP contribution in [0.15, 0.2) is 54.6 Å². The first-order valence-electron chi connectivity index (χ1n) is 7.77. The van der Waals surface area contributed by atoms with E-state index in [1.807, 2.05) is 68.4 Å². The highest BCUT2D eigenvalue weighted by Gasteiger charge is 2.22. The van der Waals surface area contributed by atoms with Crippen molar-refractivity contribution in [2.75, 3.05) is 19.0 Å². The lowest BCUT2D eigenvalue weighted by atomic mass is 10.0. The van der Waals surface area contributed by atoms with Gasteiger partial charge in [-0.3, -0.25) is 10.1 Å². The van der Waals surface area contributed by atoms with Crippen molar-refractivity contribution >= 4 is 11.6 Å². The third kappa shape index (κ3) is 5.20. The molecule has 0 unspecified atom stereocenters. The Morgan fingerprint density at radius 1 is 1.09 bits per heavy atom. The fourth-order valence-corrected chi connectivity index (χ4v) is 2.40. The fourth-order valence-electron chi connectivity index (χ4n) is 2.40. The number of hydrogen-bond donors (Lipinski definition) is 2. The summed E-state index contributed by atoms with van der Waals surface area (Å²) in [5, 5.41) is 6.30. The van der Waals surface area contributed by atoms with Gasteiger partial charge in [0.05, 0.1) is 6.61 Å². The predicted octanol–water partition coefficient (Wildman–Crippen LogP) is 3.30. The van der Waals surface area contributed by atoms with E-state index < -0.39 is 6.04 Å². The molecule has 0 bridgehead atoms. The van der Waals surface area contributed by atoms with Crippen LogP contribution < -0.4 is 10.6 Å². The van der Waals surface area contributed by atoms with Gasteiger partial charge in [0.1, 0.15) is 6.04 Å². The maximum atomic E-state index is 12.7. The number of carbonyl (C=O) groups excluding carboxylic acids is 1. The van der Waals surface area contributed by atoms with Crippen LogP contribution in [0, 0.1) is 6.92 Å². The first kappa shape index (κ1) is 17.2. The molecular formula is C19H24N2O2. The van der Waals surface area contributed by atoms with Crippen LogP contribution in [-0.4, -0.2) is 25.7 Å². The van der Waals surface area contributed by atoms with E-state index in [0.29, 0.717) is 6.61 Å². The molecule has 2 rings (SSSR count). The minimum atomic E-state index is -0.428. The summed E-state index contributed by atoms with van der Waals surface area (Å²) in [5.74, 6) is -0.0805. The van der Waals surface area contributed by atoms with Crippen LogP contribution in [0.2, 0.25) is 0 Å². The minimum absolute atomic E-state index is 0.0639. The number of ether oxygens (including phenoxy) is 1. The second-order valence-corrected chi connectivity index (χ2v) is 5.72. The molecule has 2 aromatic rings. The fraction of sp³-hybridized carbons (Fsp3) is 0.316. The molecular weight excluding hydrogens is 288 g/mol. The van der Waals surface area contributed by atoms with Gasteiger partial charge in [-0.05, 0) is 31.5 Å². The zero-order valence-electron chi connectivity index (χ0n) is 13.9. The Morgan fingerprint density at radius 2 is 1.74 bits per heavy atom. The molecule has 0 aliphatic rings. The minimum Gasteiger partial charge on any atom is -0.383 e. The molecule has 0 saturated heterocycles. The predicted molar refractivity (Wildman–Crippen MR) is 93.5 cm³/mol. The molecule has 0 fully saturated rings. The second kappa shape index (κ2) is 8.46. The summed E-state index contributed by atoms with van der Waals surface area (Å²) in [7, 11) is 1.65. The van der Waals surface area contributed by atoms with Crippen molar-refractivity contribution in [2.24, 2.45) is 0 Å². The Labute approximate surface area is 137 Å². The molecule has 0 radical (unpaired) electrons. The van der Waals surface area contributed by atoms with Crippen molar-refractivity contribution in [3.63, 3.8) is 0 Å². The molecule has 0 spiro atoms. The molecule has 2 atom stereocenters. The van der Waals surface area contributed by atoms with E-state index >= 15 is 0 Å². The summed E-state index contributed by atoms with van der Waals surface area (Å²) < 4.78 is 5.16. The van der Waals surface area contributed by atoms with Crippen molar-refractivity contribution < 1.29 is 9.53 Å². The Kier molecular flexibility index (Phi) is 6.32. The third-order valence-electron chi connectivity index (χ3n) is 3.58. The quantitative estimate of drug-likeness (QED) is 0.825. The van der Waals surface area contributed by atoms with Crippen LogP contribution in [0.25, 0.3) is 0 Å². The van der Waals surface area contributed by atoms with E-state index in [1.165, 1.54) is 0 Å². The van der Waals surface area contributed by atoms with Gasteiger partial charge in [-0.15, -0.1) is 0 Å². The molecule has 2 N–H and O–H groups in total. The molecule has 2 aromatic carbocycles. The summed E-state index contributed by atoms with van der Waals surface area (Å²) >= 11 is 0. The van der Waals surface area contributed by atoms with E-state index in [1.54, 1.807) is 7.11 Å². The largest absolute Gasteiger partial charge is 0.383 e. The van der Waals surface area contributed by atoms with E-state index in [-0.39, 0.29) is 11.9 Å². The van der Waals surface area contributed by atoms with Gasteiger partial charge < -0.3 is 10.1 Å². The van der Waals surface area contributed by atoms with Gasteiger partial charge in [-0.2, -0.15) is 0 Å². The van der Waals surface area contributed by atoms with Crippen LogP contribution in [0.4, 0.5) is 5.69 Å². The Balaban J connectivity index is 2.15. The van der Waals surface area contributed by atoms with E-state index in [9.17, 15) is 4.79 Å².